The van der Waals surface area contributed by atoms with Crippen molar-refractivity contribution in [2.45, 2.75) is 11.8 Å². The second kappa shape index (κ2) is 5.40. The van der Waals surface area contributed by atoms with Crippen LogP contribution in [0, 0.1) is 6.92 Å². The molecule has 0 spiro atoms. The van der Waals surface area contributed by atoms with Gasteiger partial charge in [0.05, 0.1) is 24.7 Å². The molecule has 21 heavy (non-hydrogen) atoms. The fourth-order valence-corrected chi connectivity index (χ4v) is 3.03. The topological polar surface area (TPSA) is 134 Å². The lowest BCUT2D eigenvalue weighted by Crippen LogP contribution is -2.17. The van der Waals surface area contributed by atoms with Gasteiger partial charge in [0, 0.05) is 6.07 Å². The smallest absolute Gasteiger partial charge is 0.357 e. The van der Waals surface area contributed by atoms with Crippen molar-refractivity contribution in [1.29, 1.82) is 0 Å². The van der Waals surface area contributed by atoms with Crippen LogP contribution in [-0.2, 0) is 10.0 Å². The predicted molar refractivity (Wildman–Crippen MR) is 71.9 cm³/mol. The lowest BCUT2D eigenvalue weighted by Gasteiger charge is -2.08. The summed E-state index contributed by atoms with van der Waals surface area (Å²) in [4.78, 5) is 14.5. The van der Waals surface area contributed by atoms with Gasteiger partial charge in [-0.05, 0) is 13.0 Å². The highest BCUT2D eigenvalue weighted by Crippen LogP contribution is 2.21. The first kappa shape index (κ1) is 14.8. The normalized spacial score (nSPS) is 11.1. The highest BCUT2D eigenvalue weighted by molar-refractivity contribution is 7.92. The number of hydrogen-bond acceptors (Lipinski definition) is 6. The molecule has 0 aliphatic heterocycles. The van der Waals surface area contributed by atoms with Crippen LogP contribution in [0.5, 0.6) is 5.88 Å². The predicted octanol–water partition coefficient (Wildman–Crippen LogP) is 0.621. The number of pyridine rings is 1. The molecule has 0 aliphatic carbocycles. The van der Waals surface area contributed by atoms with Crippen LogP contribution < -0.4 is 9.46 Å². The summed E-state index contributed by atoms with van der Waals surface area (Å²) in [5, 5.41) is 14.8. The van der Waals surface area contributed by atoms with Crippen LogP contribution in [-0.4, -0.2) is 41.8 Å². The van der Waals surface area contributed by atoms with Gasteiger partial charge in [0.15, 0.2) is 5.69 Å². The first-order chi connectivity index (χ1) is 9.85. The van der Waals surface area contributed by atoms with Gasteiger partial charge in [-0.2, -0.15) is 5.10 Å². The number of anilines is 1. The maximum atomic E-state index is 12.3. The fraction of sp³-hybridized carbons (Fsp3) is 0.182. The third-order valence-electron chi connectivity index (χ3n) is 2.56. The highest BCUT2D eigenvalue weighted by Gasteiger charge is 2.28. The SMILES string of the molecule is COc1ccc(NS(=O)(=O)c2c(C(=O)O)n[nH]c2C)cn1. The van der Waals surface area contributed by atoms with E-state index in [4.69, 9.17) is 9.84 Å². The molecule has 0 radical (unpaired) electrons. The second-order valence-electron chi connectivity index (χ2n) is 4.03. The Hall–Kier alpha value is -2.62. The van der Waals surface area contributed by atoms with Gasteiger partial charge in [0.1, 0.15) is 4.90 Å². The van der Waals surface area contributed by atoms with E-state index in [0.29, 0.717) is 5.88 Å². The number of carbonyl (C=O) groups is 1. The summed E-state index contributed by atoms with van der Waals surface area (Å²) in [6.45, 7) is 1.42. The van der Waals surface area contributed by atoms with E-state index >= 15 is 0 Å². The van der Waals surface area contributed by atoms with Crippen LogP contribution in [0.15, 0.2) is 23.2 Å². The monoisotopic (exact) mass is 312 g/mol. The van der Waals surface area contributed by atoms with Crippen LogP contribution in [0.1, 0.15) is 16.2 Å². The number of sulfonamides is 1. The summed E-state index contributed by atoms with van der Waals surface area (Å²) in [5.41, 5.74) is -0.268. The van der Waals surface area contributed by atoms with Gasteiger partial charge in [-0.25, -0.2) is 18.2 Å². The Kier molecular flexibility index (Phi) is 3.80. The molecule has 3 N–H and O–H groups in total. The van der Waals surface area contributed by atoms with Crippen LogP contribution in [0.4, 0.5) is 5.69 Å². The average molecular weight is 312 g/mol. The van der Waals surface area contributed by atoms with Crippen LogP contribution >= 0.6 is 0 Å². The molecule has 0 atom stereocenters. The lowest BCUT2D eigenvalue weighted by atomic mass is 10.4. The zero-order chi connectivity index (χ0) is 15.6. The third kappa shape index (κ3) is 2.94. The number of ether oxygens (including phenoxy) is 1. The fourth-order valence-electron chi connectivity index (χ4n) is 1.66. The van der Waals surface area contributed by atoms with E-state index in [9.17, 15) is 13.2 Å². The number of aromatic nitrogens is 3. The van der Waals surface area contributed by atoms with E-state index < -0.39 is 26.6 Å². The summed E-state index contributed by atoms with van der Waals surface area (Å²) in [7, 11) is -2.67. The molecule has 0 bridgehead atoms. The molecule has 0 aromatic carbocycles. The molecular formula is C11H12N4O5S. The van der Waals surface area contributed by atoms with E-state index in [1.54, 1.807) is 0 Å². The Morgan fingerprint density at radius 2 is 2.14 bits per heavy atom. The number of nitrogens with zero attached hydrogens (tertiary/aromatic N) is 2. The Balaban J connectivity index is 2.38. The Bertz CT molecular complexity index is 766. The zero-order valence-electron chi connectivity index (χ0n) is 11.1. The standard InChI is InChI=1S/C11H12N4O5S/c1-6-10(9(11(16)17)14-13-6)21(18,19)15-7-3-4-8(20-2)12-5-7/h3-5,15H,1-2H3,(H,13,14)(H,16,17). The maximum absolute atomic E-state index is 12.3. The number of aryl methyl sites for hydroxylation is 1. The number of hydrogen-bond donors (Lipinski definition) is 3. The number of carboxylic acids is 1. The van der Waals surface area contributed by atoms with E-state index in [1.807, 2.05) is 0 Å². The van der Waals surface area contributed by atoms with Gasteiger partial charge in [0.2, 0.25) is 5.88 Å². The minimum Gasteiger partial charge on any atom is -0.481 e. The Morgan fingerprint density at radius 1 is 1.43 bits per heavy atom. The molecule has 2 aromatic rings. The number of aromatic carboxylic acids is 1. The summed E-state index contributed by atoms with van der Waals surface area (Å²) < 4.78 is 31.6. The van der Waals surface area contributed by atoms with Crippen molar-refractivity contribution in [3.8, 4) is 5.88 Å². The molecule has 9 nitrogen and oxygen atoms in total. The summed E-state index contributed by atoms with van der Waals surface area (Å²) in [6, 6.07) is 2.91. The second-order valence-corrected chi connectivity index (χ2v) is 5.65. The van der Waals surface area contributed by atoms with Gasteiger partial charge < -0.3 is 9.84 Å². The first-order valence-electron chi connectivity index (χ1n) is 5.66. The van der Waals surface area contributed by atoms with Crippen molar-refractivity contribution in [3.05, 3.63) is 29.7 Å². The van der Waals surface area contributed by atoms with Crippen molar-refractivity contribution < 1.29 is 23.1 Å². The molecule has 0 amide bonds. The Morgan fingerprint density at radius 3 is 2.67 bits per heavy atom. The maximum Gasteiger partial charge on any atom is 0.357 e. The van der Waals surface area contributed by atoms with Gasteiger partial charge in [-0.15, -0.1) is 0 Å². The van der Waals surface area contributed by atoms with Crippen molar-refractivity contribution in [3.63, 3.8) is 0 Å². The summed E-state index contributed by atoms with van der Waals surface area (Å²) in [6.07, 6.45) is 1.26. The van der Waals surface area contributed by atoms with Crippen molar-refractivity contribution in [1.82, 2.24) is 15.2 Å². The number of carboxylic acid groups (broad SMARTS) is 1. The van der Waals surface area contributed by atoms with Crippen LogP contribution in [0.25, 0.3) is 0 Å². The van der Waals surface area contributed by atoms with Gasteiger partial charge in [-0.3, -0.25) is 9.82 Å². The summed E-state index contributed by atoms with van der Waals surface area (Å²) in [5.74, 6) is -1.11. The molecular weight excluding hydrogens is 300 g/mol. The molecule has 112 valence electrons. The molecule has 10 heteroatoms. The van der Waals surface area contributed by atoms with Crippen LogP contribution in [0.3, 0.4) is 0 Å². The molecule has 0 unspecified atom stereocenters. The lowest BCUT2D eigenvalue weighted by molar-refractivity contribution is 0.0686. The Labute approximate surface area is 120 Å². The van der Waals surface area contributed by atoms with E-state index in [1.165, 1.54) is 32.4 Å². The molecule has 2 heterocycles. The number of aromatic amines is 1. The largest absolute Gasteiger partial charge is 0.481 e. The molecule has 0 fully saturated rings. The van der Waals surface area contributed by atoms with Crippen LogP contribution in [0.2, 0.25) is 0 Å². The number of nitrogens with one attached hydrogen (secondary N) is 2. The molecule has 0 aliphatic rings. The van der Waals surface area contributed by atoms with E-state index in [0.717, 1.165) is 0 Å². The molecule has 2 aromatic heterocycles. The minimum atomic E-state index is -4.10. The average Bonchev–Trinajstić information content (AvgIpc) is 2.82. The number of H-pyrrole nitrogens is 1. The van der Waals surface area contributed by atoms with E-state index in [2.05, 4.69) is 19.9 Å². The number of methoxy groups -OCH3 is 1. The third-order valence-corrected chi connectivity index (χ3v) is 4.10. The molecule has 0 saturated carbocycles. The van der Waals surface area contributed by atoms with Gasteiger partial charge in [0.25, 0.3) is 10.0 Å². The van der Waals surface area contributed by atoms with Crippen molar-refractivity contribution in [2.75, 3.05) is 11.8 Å². The zero-order valence-corrected chi connectivity index (χ0v) is 11.9. The molecule has 0 saturated heterocycles. The minimum absolute atomic E-state index is 0.126. The van der Waals surface area contributed by atoms with Gasteiger partial charge >= 0.3 is 5.97 Å². The molecule has 2 rings (SSSR count). The quantitative estimate of drug-likeness (QED) is 0.736. The highest BCUT2D eigenvalue weighted by atomic mass is 32.2. The van der Waals surface area contributed by atoms with Gasteiger partial charge in [-0.1, -0.05) is 0 Å². The first-order valence-corrected chi connectivity index (χ1v) is 7.14. The number of rotatable bonds is 5. The van der Waals surface area contributed by atoms with Crippen molar-refractivity contribution >= 4 is 21.7 Å². The van der Waals surface area contributed by atoms with Crippen molar-refractivity contribution in [2.24, 2.45) is 0 Å². The summed E-state index contributed by atoms with van der Waals surface area (Å²) >= 11 is 0. The van der Waals surface area contributed by atoms with E-state index in [-0.39, 0.29) is 11.4 Å².